The molecule has 0 spiro atoms. The summed E-state index contributed by atoms with van der Waals surface area (Å²) in [6, 6.07) is -0.449. The molecule has 0 saturated heterocycles. The SMILES string of the molecule is CCCC(N)C(=O)NCC(C)CC(=O)OCC.Cl. The monoisotopic (exact) mass is 280 g/mol. The summed E-state index contributed by atoms with van der Waals surface area (Å²) in [4.78, 5) is 22.7. The Morgan fingerprint density at radius 1 is 1.33 bits per heavy atom. The van der Waals surface area contributed by atoms with Gasteiger partial charge in [0.2, 0.25) is 5.91 Å². The minimum atomic E-state index is -0.449. The number of ether oxygens (including phenoxy) is 1. The molecule has 0 bridgehead atoms. The molecular weight excluding hydrogens is 256 g/mol. The number of nitrogens with two attached hydrogens (primary N) is 1. The first kappa shape index (κ1) is 19.5. The molecule has 3 N–H and O–H groups in total. The molecule has 5 nitrogen and oxygen atoms in total. The van der Waals surface area contributed by atoms with E-state index in [0.717, 1.165) is 6.42 Å². The van der Waals surface area contributed by atoms with Gasteiger partial charge in [0.05, 0.1) is 12.6 Å². The van der Waals surface area contributed by atoms with Gasteiger partial charge in [-0.3, -0.25) is 9.59 Å². The molecule has 0 aromatic rings. The molecule has 1 amide bonds. The summed E-state index contributed by atoms with van der Waals surface area (Å²) >= 11 is 0. The van der Waals surface area contributed by atoms with Crippen molar-refractivity contribution < 1.29 is 14.3 Å². The Kier molecular flexibility index (Phi) is 12.2. The molecule has 0 heterocycles. The Morgan fingerprint density at radius 2 is 1.94 bits per heavy atom. The molecule has 6 heteroatoms. The Hall–Kier alpha value is -0.810. The van der Waals surface area contributed by atoms with Gasteiger partial charge >= 0.3 is 5.97 Å². The van der Waals surface area contributed by atoms with Gasteiger partial charge in [0, 0.05) is 13.0 Å². The number of hydrogen-bond donors (Lipinski definition) is 2. The van der Waals surface area contributed by atoms with Crippen LogP contribution in [-0.2, 0) is 14.3 Å². The Bertz CT molecular complexity index is 249. The molecule has 0 aromatic heterocycles. The molecule has 18 heavy (non-hydrogen) atoms. The minimum Gasteiger partial charge on any atom is -0.466 e. The van der Waals surface area contributed by atoms with Crippen molar-refractivity contribution >= 4 is 24.3 Å². The molecule has 0 aliphatic carbocycles. The first-order chi connectivity index (χ1) is 8.01. The standard InChI is InChI=1S/C12H24N2O3.ClH/c1-4-6-10(13)12(16)14-8-9(3)7-11(15)17-5-2;/h9-10H,4-8,13H2,1-3H3,(H,14,16);1H. The molecule has 0 radical (unpaired) electrons. The van der Waals surface area contributed by atoms with Gasteiger partial charge in [-0.25, -0.2) is 0 Å². The number of esters is 1. The summed E-state index contributed by atoms with van der Waals surface area (Å²) in [7, 11) is 0. The van der Waals surface area contributed by atoms with Crippen LogP contribution >= 0.6 is 12.4 Å². The van der Waals surface area contributed by atoms with E-state index in [-0.39, 0.29) is 30.2 Å². The molecule has 0 aromatic carbocycles. The minimum absolute atomic E-state index is 0. The lowest BCUT2D eigenvalue weighted by atomic mass is 10.1. The maximum Gasteiger partial charge on any atom is 0.306 e. The maximum absolute atomic E-state index is 11.5. The molecule has 2 unspecified atom stereocenters. The highest BCUT2D eigenvalue weighted by molar-refractivity contribution is 5.85. The summed E-state index contributed by atoms with van der Waals surface area (Å²) in [5.74, 6) is -0.318. The molecule has 0 fully saturated rings. The van der Waals surface area contributed by atoms with Crippen LogP contribution in [0.4, 0.5) is 0 Å². The van der Waals surface area contributed by atoms with Gasteiger partial charge in [-0.05, 0) is 19.3 Å². The average Bonchev–Trinajstić information content (AvgIpc) is 2.26. The Balaban J connectivity index is 0. The van der Waals surface area contributed by atoms with E-state index in [9.17, 15) is 9.59 Å². The van der Waals surface area contributed by atoms with E-state index in [4.69, 9.17) is 10.5 Å². The van der Waals surface area contributed by atoms with Gasteiger partial charge in [-0.15, -0.1) is 12.4 Å². The van der Waals surface area contributed by atoms with Crippen LogP contribution in [0.15, 0.2) is 0 Å². The van der Waals surface area contributed by atoms with Crippen molar-refractivity contribution in [2.75, 3.05) is 13.2 Å². The smallest absolute Gasteiger partial charge is 0.306 e. The van der Waals surface area contributed by atoms with E-state index in [1.807, 2.05) is 13.8 Å². The normalized spacial score (nSPS) is 13.1. The van der Waals surface area contributed by atoms with E-state index in [2.05, 4.69) is 5.32 Å². The quantitative estimate of drug-likeness (QED) is 0.656. The van der Waals surface area contributed by atoms with Crippen LogP contribution in [0.25, 0.3) is 0 Å². The predicted octanol–water partition coefficient (Wildman–Crippen LogP) is 1.24. The van der Waals surface area contributed by atoms with E-state index in [1.54, 1.807) is 6.92 Å². The molecule has 0 saturated carbocycles. The fourth-order valence-corrected chi connectivity index (χ4v) is 1.42. The van der Waals surface area contributed by atoms with Crippen LogP contribution in [-0.4, -0.2) is 31.1 Å². The van der Waals surface area contributed by atoms with Crippen molar-refractivity contribution in [2.45, 2.75) is 46.1 Å². The summed E-state index contributed by atoms with van der Waals surface area (Å²) in [5, 5.41) is 2.74. The van der Waals surface area contributed by atoms with Crippen molar-refractivity contribution in [3.05, 3.63) is 0 Å². The van der Waals surface area contributed by atoms with Crippen LogP contribution < -0.4 is 11.1 Å². The number of halogens is 1. The fraction of sp³-hybridized carbons (Fsp3) is 0.833. The number of hydrogen-bond acceptors (Lipinski definition) is 4. The van der Waals surface area contributed by atoms with Gasteiger partial charge in [-0.1, -0.05) is 20.3 Å². The lowest BCUT2D eigenvalue weighted by molar-refractivity contribution is -0.144. The third-order valence-electron chi connectivity index (χ3n) is 2.38. The number of rotatable bonds is 8. The predicted molar refractivity (Wildman–Crippen MR) is 73.6 cm³/mol. The highest BCUT2D eigenvalue weighted by atomic mass is 35.5. The summed E-state index contributed by atoms with van der Waals surface area (Å²) < 4.78 is 4.83. The zero-order valence-corrected chi connectivity index (χ0v) is 12.2. The van der Waals surface area contributed by atoms with Crippen molar-refractivity contribution in [2.24, 2.45) is 11.7 Å². The maximum atomic E-state index is 11.5. The third kappa shape index (κ3) is 9.24. The van der Waals surface area contributed by atoms with Crippen molar-refractivity contribution in [3.63, 3.8) is 0 Å². The number of amides is 1. The van der Waals surface area contributed by atoms with Crippen molar-refractivity contribution in [3.8, 4) is 0 Å². The molecular formula is C12H25ClN2O3. The second kappa shape index (κ2) is 11.3. The van der Waals surface area contributed by atoms with Crippen LogP contribution in [0, 0.1) is 5.92 Å². The lowest BCUT2D eigenvalue weighted by Gasteiger charge is -2.14. The number of carbonyl (C=O) groups excluding carboxylic acids is 2. The fourth-order valence-electron chi connectivity index (χ4n) is 1.42. The van der Waals surface area contributed by atoms with E-state index in [0.29, 0.717) is 26.0 Å². The van der Waals surface area contributed by atoms with Crippen LogP contribution in [0.2, 0.25) is 0 Å². The first-order valence-electron chi connectivity index (χ1n) is 6.20. The summed E-state index contributed by atoms with van der Waals surface area (Å²) in [6.45, 7) is 6.49. The third-order valence-corrected chi connectivity index (χ3v) is 2.38. The van der Waals surface area contributed by atoms with Crippen molar-refractivity contribution in [1.82, 2.24) is 5.32 Å². The molecule has 2 atom stereocenters. The summed E-state index contributed by atoms with van der Waals surface area (Å²) in [5.41, 5.74) is 5.66. The molecule has 0 aliphatic heterocycles. The topological polar surface area (TPSA) is 81.4 Å². The first-order valence-corrected chi connectivity index (χ1v) is 6.20. The van der Waals surface area contributed by atoms with Crippen LogP contribution in [0.1, 0.15) is 40.0 Å². The van der Waals surface area contributed by atoms with Gasteiger partial charge in [0.25, 0.3) is 0 Å². The molecule has 108 valence electrons. The second-order valence-corrected chi connectivity index (χ2v) is 4.25. The second-order valence-electron chi connectivity index (χ2n) is 4.25. The van der Waals surface area contributed by atoms with E-state index >= 15 is 0 Å². The molecule has 0 aliphatic rings. The zero-order chi connectivity index (χ0) is 13.3. The average molecular weight is 281 g/mol. The van der Waals surface area contributed by atoms with Gasteiger partial charge < -0.3 is 15.8 Å². The lowest BCUT2D eigenvalue weighted by Crippen LogP contribution is -2.42. The largest absolute Gasteiger partial charge is 0.466 e. The number of carbonyl (C=O) groups is 2. The van der Waals surface area contributed by atoms with Crippen LogP contribution in [0.3, 0.4) is 0 Å². The van der Waals surface area contributed by atoms with Gasteiger partial charge in [0.1, 0.15) is 0 Å². The van der Waals surface area contributed by atoms with Crippen LogP contribution in [0.5, 0.6) is 0 Å². The highest BCUT2D eigenvalue weighted by Gasteiger charge is 2.14. The van der Waals surface area contributed by atoms with Crippen molar-refractivity contribution in [1.29, 1.82) is 0 Å². The number of nitrogens with one attached hydrogen (secondary N) is 1. The van der Waals surface area contributed by atoms with Gasteiger partial charge in [0.15, 0.2) is 0 Å². The summed E-state index contributed by atoms with van der Waals surface area (Å²) in [6.07, 6.45) is 1.88. The Labute approximate surface area is 115 Å². The molecule has 0 rings (SSSR count). The van der Waals surface area contributed by atoms with Gasteiger partial charge in [-0.2, -0.15) is 0 Å². The zero-order valence-electron chi connectivity index (χ0n) is 11.4. The van der Waals surface area contributed by atoms with E-state index < -0.39 is 6.04 Å². The van der Waals surface area contributed by atoms with E-state index in [1.165, 1.54) is 0 Å². The Morgan fingerprint density at radius 3 is 2.44 bits per heavy atom. The highest BCUT2D eigenvalue weighted by Crippen LogP contribution is 2.02.